The van der Waals surface area contributed by atoms with E-state index in [4.69, 9.17) is 16.3 Å². The van der Waals surface area contributed by atoms with E-state index in [-0.39, 0.29) is 12.0 Å². The Bertz CT molecular complexity index is 390. The number of esters is 1. The Morgan fingerprint density at radius 1 is 1.67 bits per heavy atom. The number of halogens is 1. The Morgan fingerprint density at radius 3 is 3.06 bits per heavy atom. The number of aromatic nitrogens is 1. The third-order valence-corrected chi connectivity index (χ3v) is 3.75. The highest BCUT2D eigenvalue weighted by Gasteiger charge is 2.17. The van der Waals surface area contributed by atoms with Gasteiger partial charge in [-0.25, -0.2) is 4.98 Å². The number of pyridine rings is 1. The molecular weight excluding hydrogens is 272 g/mol. The summed E-state index contributed by atoms with van der Waals surface area (Å²) in [6.45, 7) is 2.20. The quantitative estimate of drug-likeness (QED) is 0.617. The van der Waals surface area contributed by atoms with E-state index < -0.39 is 0 Å². The fourth-order valence-electron chi connectivity index (χ4n) is 1.37. The molecule has 1 aromatic rings. The van der Waals surface area contributed by atoms with Crippen molar-refractivity contribution in [3.63, 3.8) is 0 Å². The molecule has 0 saturated carbocycles. The molecule has 1 atom stereocenters. The number of hydrogen-bond donors (Lipinski definition) is 1. The molecule has 6 heteroatoms. The summed E-state index contributed by atoms with van der Waals surface area (Å²) in [4.78, 5) is 15.7. The number of carbonyl (C=O) groups excluding carboxylic acids is 1. The highest BCUT2D eigenvalue weighted by atomic mass is 35.5. The van der Waals surface area contributed by atoms with E-state index in [0.29, 0.717) is 18.1 Å². The van der Waals surface area contributed by atoms with Crippen molar-refractivity contribution in [3.05, 3.63) is 23.4 Å². The van der Waals surface area contributed by atoms with Gasteiger partial charge in [-0.3, -0.25) is 4.79 Å². The van der Waals surface area contributed by atoms with Crippen LogP contribution in [0.5, 0.6) is 0 Å². The van der Waals surface area contributed by atoms with Crippen molar-refractivity contribution >= 4 is 29.3 Å². The summed E-state index contributed by atoms with van der Waals surface area (Å²) in [6.07, 6.45) is 2.38. The zero-order chi connectivity index (χ0) is 13.4. The minimum Gasteiger partial charge on any atom is -0.465 e. The van der Waals surface area contributed by atoms with Crippen LogP contribution in [0, 0.1) is 0 Å². The first-order valence-corrected chi connectivity index (χ1v) is 7.12. The van der Waals surface area contributed by atoms with Gasteiger partial charge in [0.15, 0.2) is 0 Å². The van der Waals surface area contributed by atoms with Crippen LogP contribution >= 0.6 is 23.4 Å². The molecule has 0 saturated heterocycles. The molecule has 0 radical (unpaired) electrons. The van der Waals surface area contributed by atoms with Gasteiger partial charge in [0.2, 0.25) is 0 Å². The standard InChI is InChI=1S/C12H17ClN2O2S/c1-3-17-12(16)10(14-2)6-8-18-11-9(13)5-4-7-15-11/h4-5,7,10,14H,3,6,8H2,1-2H3. The molecule has 0 aliphatic carbocycles. The second-order valence-corrected chi connectivity index (χ2v) is 5.01. The lowest BCUT2D eigenvalue weighted by Gasteiger charge is -2.14. The minimum absolute atomic E-state index is 0.215. The van der Waals surface area contributed by atoms with Crippen LogP contribution < -0.4 is 5.32 Å². The Morgan fingerprint density at radius 2 is 2.44 bits per heavy atom. The van der Waals surface area contributed by atoms with E-state index in [1.54, 1.807) is 32.3 Å². The second kappa shape index (κ2) is 8.34. The average Bonchev–Trinajstić information content (AvgIpc) is 2.37. The molecule has 0 bridgehead atoms. The molecule has 0 aliphatic heterocycles. The number of thioether (sulfide) groups is 1. The molecule has 0 aliphatic rings. The SMILES string of the molecule is CCOC(=O)C(CCSc1ncccc1Cl)NC. The van der Waals surface area contributed by atoms with Gasteiger partial charge in [-0.1, -0.05) is 11.6 Å². The van der Waals surface area contributed by atoms with Crippen LogP contribution in [0.3, 0.4) is 0 Å². The molecule has 1 unspecified atom stereocenters. The van der Waals surface area contributed by atoms with Gasteiger partial charge in [0, 0.05) is 11.9 Å². The third kappa shape index (κ3) is 4.84. The predicted octanol–water partition coefficient (Wildman–Crippen LogP) is 2.37. The topological polar surface area (TPSA) is 51.2 Å². The molecule has 100 valence electrons. The summed E-state index contributed by atoms with van der Waals surface area (Å²) in [5, 5.41) is 4.37. The third-order valence-electron chi connectivity index (χ3n) is 2.29. The van der Waals surface area contributed by atoms with E-state index in [9.17, 15) is 4.79 Å². The fraction of sp³-hybridized carbons (Fsp3) is 0.500. The molecule has 18 heavy (non-hydrogen) atoms. The van der Waals surface area contributed by atoms with Crippen LogP contribution in [0.2, 0.25) is 5.02 Å². The summed E-state index contributed by atoms with van der Waals surface area (Å²) >= 11 is 7.53. The maximum Gasteiger partial charge on any atom is 0.323 e. The second-order valence-electron chi connectivity index (χ2n) is 3.52. The molecule has 0 aromatic carbocycles. The lowest BCUT2D eigenvalue weighted by atomic mass is 10.2. The van der Waals surface area contributed by atoms with Gasteiger partial charge in [0.25, 0.3) is 0 Å². The van der Waals surface area contributed by atoms with Gasteiger partial charge >= 0.3 is 5.97 Å². The number of nitrogens with one attached hydrogen (secondary N) is 1. The molecule has 0 spiro atoms. The summed E-state index contributed by atoms with van der Waals surface area (Å²) < 4.78 is 4.97. The summed E-state index contributed by atoms with van der Waals surface area (Å²) in [7, 11) is 1.75. The number of carbonyl (C=O) groups is 1. The zero-order valence-electron chi connectivity index (χ0n) is 10.5. The van der Waals surface area contributed by atoms with Crippen LogP contribution in [-0.4, -0.2) is 36.4 Å². The Labute approximate surface area is 116 Å². The first-order chi connectivity index (χ1) is 8.69. The van der Waals surface area contributed by atoms with Gasteiger partial charge in [-0.2, -0.15) is 0 Å². The van der Waals surface area contributed by atoms with Crippen molar-refractivity contribution < 1.29 is 9.53 Å². The lowest BCUT2D eigenvalue weighted by molar-refractivity contribution is -0.145. The highest BCUT2D eigenvalue weighted by molar-refractivity contribution is 7.99. The van der Waals surface area contributed by atoms with Gasteiger partial charge in [0.05, 0.1) is 11.6 Å². The summed E-state index contributed by atoms with van der Waals surface area (Å²) in [6, 6.07) is 3.32. The summed E-state index contributed by atoms with van der Waals surface area (Å²) in [5.41, 5.74) is 0. The lowest BCUT2D eigenvalue weighted by Crippen LogP contribution is -2.36. The molecule has 0 amide bonds. The van der Waals surface area contributed by atoms with E-state index in [1.807, 2.05) is 0 Å². The Hall–Kier alpha value is -0.780. The molecule has 0 fully saturated rings. The zero-order valence-corrected chi connectivity index (χ0v) is 12.1. The van der Waals surface area contributed by atoms with Crippen molar-refractivity contribution in [1.82, 2.24) is 10.3 Å². The molecule has 1 rings (SSSR count). The molecule has 4 nitrogen and oxygen atoms in total. The van der Waals surface area contributed by atoms with Crippen LogP contribution in [0.4, 0.5) is 0 Å². The number of likely N-dealkylation sites (N-methyl/N-ethyl adjacent to an activating group) is 1. The van der Waals surface area contributed by atoms with Crippen LogP contribution in [-0.2, 0) is 9.53 Å². The molecule has 1 N–H and O–H groups in total. The van der Waals surface area contributed by atoms with Gasteiger partial charge in [-0.05, 0) is 32.5 Å². The highest BCUT2D eigenvalue weighted by Crippen LogP contribution is 2.24. The average molecular weight is 289 g/mol. The first-order valence-electron chi connectivity index (χ1n) is 5.76. The Balaban J connectivity index is 2.40. The predicted molar refractivity (Wildman–Crippen MR) is 74.1 cm³/mol. The van der Waals surface area contributed by atoms with Crippen LogP contribution in [0.15, 0.2) is 23.4 Å². The maximum atomic E-state index is 11.5. The number of nitrogens with zero attached hydrogens (tertiary/aromatic N) is 1. The van der Waals surface area contributed by atoms with Gasteiger partial charge in [0.1, 0.15) is 11.1 Å². The minimum atomic E-state index is -0.278. The normalized spacial score (nSPS) is 12.2. The number of rotatable bonds is 7. The van der Waals surface area contributed by atoms with E-state index >= 15 is 0 Å². The largest absolute Gasteiger partial charge is 0.465 e. The molecule has 1 aromatic heterocycles. The Kier molecular flexibility index (Phi) is 7.08. The van der Waals surface area contributed by atoms with E-state index in [0.717, 1.165) is 10.8 Å². The van der Waals surface area contributed by atoms with E-state index in [2.05, 4.69) is 10.3 Å². The summed E-state index contributed by atoms with van der Waals surface area (Å²) in [5.74, 6) is 0.536. The van der Waals surface area contributed by atoms with Crippen molar-refractivity contribution in [2.75, 3.05) is 19.4 Å². The molecule has 1 heterocycles. The number of ether oxygens (including phenoxy) is 1. The van der Waals surface area contributed by atoms with Crippen molar-refractivity contribution in [3.8, 4) is 0 Å². The first kappa shape index (κ1) is 15.3. The number of hydrogen-bond acceptors (Lipinski definition) is 5. The van der Waals surface area contributed by atoms with Crippen LogP contribution in [0.25, 0.3) is 0 Å². The van der Waals surface area contributed by atoms with Gasteiger partial charge < -0.3 is 10.1 Å². The molecular formula is C12H17ClN2O2S. The van der Waals surface area contributed by atoms with Crippen molar-refractivity contribution in [2.24, 2.45) is 0 Å². The van der Waals surface area contributed by atoms with Crippen LogP contribution in [0.1, 0.15) is 13.3 Å². The maximum absolute atomic E-state index is 11.5. The van der Waals surface area contributed by atoms with Crippen molar-refractivity contribution in [1.29, 1.82) is 0 Å². The van der Waals surface area contributed by atoms with E-state index in [1.165, 1.54) is 11.8 Å². The fourth-order valence-corrected chi connectivity index (χ4v) is 2.55. The smallest absolute Gasteiger partial charge is 0.323 e. The van der Waals surface area contributed by atoms with Crippen molar-refractivity contribution in [2.45, 2.75) is 24.4 Å². The van der Waals surface area contributed by atoms with Gasteiger partial charge in [-0.15, -0.1) is 11.8 Å². The monoisotopic (exact) mass is 288 g/mol.